The largest absolute Gasteiger partial charge is 0.494 e. The Morgan fingerprint density at radius 1 is 1.32 bits per heavy atom. The molecule has 1 saturated heterocycles. The lowest BCUT2D eigenvalue weighted by molar-refractivity contribution is -0.0294. The molecule has 1 N–H and O–H groups in total. The summed E-state index contributed by atoms with van der Waals surface area (Å²) in [4.78, 5) is 2.46. The molecule has 0 bridgehead atoms. The van der Waals surface area contributed by atoms with Crippen molar-refractivity contribution in [3.63, 3.8) is 0 Å². The number of rotatable bonds is 4. The van der Waals surface area contributed by atoms with E-state index in [2.05, 4.69) is 11.8 Å². The molecule has 4 heteroatoms. The summed E-state index contributed by atoms with van der Waals surface area (Å²) in [5.41, 5.74) is 0.864. The lowest BCUT2D eigenvalue weighted by Gasteiger charge is -2.44. The minimum Gasteiger partial charge on any atom is -0.494 e. The number of fused-ring (bicyclic) bond motifs is 1. The van der Waals surface area contributed by atoms with Gasteiger partial charge >= 0.3 is 0 Å². The average Bonchev–Trinajstić information content (AvgIpc) is 2.56. The highest BCUT2D eigenvalue weighted by molar-refractivity contribution is 5.43. The third-order valence-electron chi connectivity index (χ3n) is 4.95. The second kappa shape index (κ2) is 6.88. The molecule has 2 heterocycles. The second-order valence-electron chi connectivity index (χ2n) is 6.25. The Bertz CT molecular complexity index is 505. The Kier molecular flexibility index (Phi) is 4.89. The molecule has 2 aliphatic heterocycles. The molecule has 1 fully saturated rings. The summed E-state index contributed by atoms with van der Waals surface area (Å²) in [6.45, 7) is 6.46. The van der Waals surface area contributed by atoms with Crippen LogP contribution < -0.4 is 9.47 Å². The number of hydrogen-bond donors (Lipinski definition) is 1. The summed E-state index contributed by atoms with van der Waals surface area (Å²) in [5, 5.41) is 10.9. The molecule has 3 rings (SSSR count). The zero-order chi connectivity index (χ0) is 15.5. The Labute approximate surface area is 133 Å². The smallest absolute Gasteiger partial charge is 0.125 e. The molecule has 3 unspecified atom stereocenters. The molecule has 0 spiro atoms. The van der Waals surface area contributed by atoms with Crippen molar-refractivity contribution >= 4 is 0 Å². The van der Waals surface area contributed by atoms with Gasteiger partial charge in [-0.2, -0.15) is 0 Å². The minimum absolute atomic E-state index is 0.0506. The maximum absolute atomic E-state index is 10.9. The van der Waals surface area contributed by atoms with E-state index < -0.39 is 6.10 Å². The van der Waals surface area contributed by atoms with Crippen LogP contribution >= 0.6 is 0 Å². The topological polar surface area (TPSA) is 41.9 Å². The fourth-order valence-electron chi connectivity index (χ4n) is 3.79. The van der Waals surface area contributed by atoms with Gasteiger partial charge in [0.15, 0.2) is 0 Å². The van der Waals surface area contributed by atoms with Crippen molar-refractivity contribution in [2.45, 2.75) is 57.7 Å². The quantitative estimate of drug-likeness (QED) is 0.928. The van der Waals surface area contributed by atoms with Crippen LogP contribution in [0, 0.1) is 0 Å². The van der Waals surface area contributed by atoms with Crippen molar-refractivity contribution in [2.75, 3.05) is 19.8 Å². The summed E-state index contributed by atoms with van der Waals surface area (Å²) in [7, 11) is 0. The van der Waals surface area contributed by atoms with Crippen LogP contribution in [0.15, 0.2) is 18.2 Å². The number of likely N-dealkylation sites (tertiary alicyclic amines) is 1. The van der Waals surface area contributed by atoms with E-state index in [1.54, 1.807) is 0 Å². The number of aliphatic hydroxyl groups excluding tert-OH is 1. The van der Waals surface area contributed by atoms with E-state index in [1.165, 1.54) is 19.3 Å². The average molecular weight is 305 g/mol. The van der Waals surface area contributed by atoms with Gasteiger partial charge in [0.1, 0.15) is 24.2 Å². The van der Waals surface area contributed by atoms with Gasteiger partial charge in [-0.05, 0) is 50.9 Å². The van der Waals surface area contributed by atoms with Crippen LogP contribution in [-0.4, -0.2) is 41.8 Å². The molecule has 0 aromatic heterocycles. The predicted molar refractivity (Wildman–Crippen MR) is 86.5 cm³/mol. The predicted octanol–water partition coefficient (Wildman–Crippen LogP) is 3.14. The van der Waals surface area contributed by atoms with Crippen molar-refractivity contribution < 1.29 is 14.6 Å². The van der Waals surface area contributed by atoms with Crippen LogP contribution in [0.3, 0.4) is 0 Å². The zero-order valence-electron chi connectivity index (χ0n) is 13.6. The first-order valence-electron chi connectivity index (χ1n) is 8.58. The van der Waals surface area contributed by atoms with E-state index in [0.717, 1.165) is 30.0 Å². The molecule has 0 saturated carbocycles. The highest BCUT2D eigenvalue weighted by atomic mass is 16.5. The van der Waals surface area contributed by atoms with Crippen LogP contribution in [0.25, 0.3) is 0 Å². The number of nitrogens with zero attached hydrogens (tertiary/aromatic N) is 1. The first-order valence-corrected chi connectivity index (χ1v) is 8.58. The summed E-state index contributed by atoms with van der Waals surface area (Å²) in [6, 6.07) is 6.36. The highest BCUT2D eigenvalue weighted by Gasteiger charge is 2.37. The molecule has 1 aromatic rings. The standard InChI is InChI=1S/C18H27NO3/c1-3-13-7-5-6-10-19(13)16-12-22-17-9-8-14(21-4-2)11-15(17)18(16)20/h8-9,11,13,16,18,20H,3-7,10,12H2,1-2H3. The molecule has 22 heavy (non-hydrogen) atoms. The molecule has 2 aliphatic rings. The van der Waals surface area contributed by atoms with Crippen LogP contribution in [-0.2, 0) is 0 Å². The number of piperidine rings is 1. The monoisotopic (exact) mass is 305 g/mol. The molecular formula is C18H27NO3. The van der Waals surface area contributed by atoms with Gasteiger partial charge < -0.3 is 14.6 Å². The molecule has 1 aromatic carbocycles. The number of aliphatic hydroxyl groups is 1. The lowest BCUT2D eigenvalue weighted by Crippen LogP contribution is -2.52. The maximum atomic E-state index is 10.9. The molecular weight excluding hydrogens is 278 g/mol. The van der Waals surface area contributed by atoms with E-state index in [1.807, 2.05) is 25.1 Å². The number of benzene rings is 1. The van der Waals surface area contributed by atoms with Crippen LogP contribution in [0.4, 0.5) is 0 Å². The van der Waals surface area contributed by atoms with E-state index in [-0.39, 0.29) is 6.04 Å². The fourth-order valence-corrected chi connectivity index (χ4v) is 3.79. The summed E-state index contributed by atoms with van der Waals surface area (Å²) >= 11 is 0. The van der Waals surface area contributed by atoms with Crippen molar-refractivity contribution in [3.05, 3.63) is 23.8 Å². The van der Waals surface area contributed by atoms with Gasteiger partial charge in [-0.25, -0.2) is 0 Å². The second-order valence-corrected chi connectivity index (χ2v) is 6.25. The van der Waals surface area contributed by atoms with E-state index >= 15 is 0 Å². The van der Waals surface area contributed by atoms with Gasteiger partial charge in [0, 0.05) is 11.6 Å². The Hall–Kier alpha value is -1.26. The lowest BCUT2D eigenvalue weighted by atomic mass is 9.92. The number of hydrogen-bond acceptors (Lipinski definition) is 4. The van der Waals surface area contributed by atoms with Crippen LogP contribution in [0.5, 0.6) is 11.5 Å². The molecule has 0 amide bonds. The molecule has 0 radical (unpaired) electrons. The number of ether oxygens (including phenoxy) is 2. The van der Waals surface area contributed by atoms with E-state index in [0.29, 0.717) is 19.3 Å². The normalized spacial score (nSPS) is 28.8. The van der Waals surface area contributed by atoms with Gasteiger partial charge in [0.2, 0.25) is 0 Å². The molecule has 0 aliphatic carbocycles. The summed E-state index contributed by atoms with van der Waals surface area (Å²) < 4.78 is 11.5. The molecule has 3 atom stereocenters. The van der Waals surface area contributed by atoms with Crippen LogP contribution in [0.1, 0.15) is 51.2 Å². The molecule has 4 nitrogen and oxygen atoms in total. The maximum Gasteiger partial charge on any atom is 0.125 e. The third kappa shape index (κ3) is 2.95. The fraction of sp³-hybridized carbons (Fsp3) is 0.667. The van der Waals surface area contributed by atoms with Crippen molar-refractivity contribution in [1.82, 2.24) is 4.90 Å². The van der Waals surface area contributed by atoms with Gasteiger partial charge in [-0.15, -0.1) is 0 Å². The van der Waals surface area contributed by atoms with E-state index in [9.17, 15) is 5.11 Å². The third-order valence-corrected chi connectivity index (χ3v) is 4.95. The summed E-state index contributed by atoms with van der Waals surface area (Å²) in [6.07, 6.45) is 4.37. The Balaban J connectivity index is 1.83. The SMILES string of the molecule is CCOc1ccc2c(c1)C(O)C(N1CCCCC1CC)CO2. The van der Waals surface area contributed by atoms with Crippen LogP contribution in [0.2, 0.25) is 0 Å². The molecule has 122 valence electrons. The van der Waals surface area contributed by atoms with E-state index in [4.69, 9.17) is 9.47 Å². The highest BCUT2D eigenvalue weighted by Crippen LogP contribution is 2.38. The zero-order valence-corrected chi connectivity index (χ0v) is 13.6. The Morgan fingerprint density at radius 2 is 2.18 bits per heavy atom. The summed E-state index contributed by atoms with van der Waals surface area (Å²) in [5.74, 6) is 1.59. The first kappa shape index (κ1) is 15.6. The minimum atomic E-state index is -0.503. The van der Waals surface area contributed by atoms with Gasteiger partial charge in [-0.3, -0.25) is 4.90 Å². The van der Waals surface area contributed by atoms with Crippen molar-refractivity contribution in [3.8, 4) is 11.5 Å². The van der Waals surface area contributed by atoms with Gasteiger partial charge in [-0.1, -0.05) is 13.3 Å². The Morgan fingerprint density at radius 3 is 2.95 bits per heavy atom. The van der Waals surface area contributed by atoms with Crippen molar-refractivity contribution in [2.24, 2.45) is 0 Å². The first-order chi connectivity index (χ1) is 10.7. The van der Waals surface area contributed by atoms with Gasteiger partial charge in [0.05, 0.1) is 12.6 Å². The van der Waals surface area contributed by atoms with Crippen molar-refractivity contribution in [1.29, 1.82) is 0 Å². The van der Waals surface area contributed by atoms with Gasteiger partial charge in [0.25, 0.3) is 0 Å².